The molecule has 1 heterocycles. The second kappa shape index (κ2) is 7.89. The topological polar surface area (TPSA) is 143 Å². The van der Waals surface area contributed by atoms with Crippen molar-refractivity contribution in [1.82, 2.24) is 4.72 Å². The van der Waals surface area contributed by atoms with Gasteiger partial charge in [0.05, 0.1) is 4.90 Å². The van der Waals surface area contributed by atoms with Crippen LogP contribution in [0.3, 0.4) is 0 Å². The number of nitrogens with one attached hydrogen (secondary N) is 2. The smallest absolute Gasteiger partial charge is 0.360 e. The Hall–Kier alpha value is -2.72. The van der Waals surface area contributed by atoms with Crippen molar-refractivity contribution >= 4 is 38.6 Å². The van der Waals surface area contributed by atoms with Crippen LogP contribution in [0.15, 0.2) is 38.4 Å². The molecule has 1 aromatic carbocycles. The van der Waals surface area contributed by atoms with Crippen LogP contribution in [0.5, 0.6) is 0 Å². The average Bonchev–Trinajstić information content (AvgIpc) is 2.53. The first-order valence-electron chi connectivity index (χ1n) is 8.10. The van der Waals surface area contributed by atoms with E-state index in [0.29, 0.717) is 0 Å². The summed E-state index contributed by atoms with van der Waals surface area (Å²) in [4.78, 5) is 34.1. The molecule has 0 saturated heterocycles. The number of carboxylic acids is 1. The van der Waals surface area contributed by atoms with Crippen molar-refractivity contribution in [2.24, 2.45) is 5.92 Å². The van der Waals surface area contributed by atoms with Crippen LogP contribution in [-0.4, -0.2) is 31.4 Å². The Bertz CT molecular complexity index is 1040. The molecule has 1 aromatic heterocycles. The van der Waals surface area contributed by atoms with Crippen LogP contribution in [-0.2, 0) is 19.6 Å². The summed E-state index contributed by atoms with van der Waals surface area (Å²) in [5.74, 6) is -1.78. The summed E-state index contributed by atoms with van der Waals surface area (Å²) in [7, 11) is -4.13. The van der Waals surface area contributed by atoms with Gasteiger partial charge >= 0.3 is 11.6 Å². The van der Waals surface area contributed by atoms with Gasteiger partial charge in [-0.3, -0.25) is 9.59 Å². The van der Waals surface area contributed by atoms with Crippen LogP contribution in [0.4, 0.5) is 5.69 Å². The first-order chi connectivity index (χ1) is 12.5. The minimum Gasteiger partial charge on any atom is -0.480 e. The quantitative estimate of drug-likeness (QED) is 0.602. The molecule has 0 aliphatic carbocycles. The number of aliphatic carboxylic acids is 1. The van der Waals surface area contributed by atoms with E-state index < -0.39 is 33.6 Å². The second-order valence-corrected chi connectivity index (χ2v) is 8.18. The molecule has 0 aliphatic rings. The van der Waals surface area contributed by atoms with Gasteiger partial charge in [-0.1, -0.05) is 13.8 Å². The van der Waals surface area contributed by atoms with E-state index in [1.807, 2.05) is 0 Å². The third kappa shape index (κ3) is 5.14. The molecule has 0 unspecified atom stereocenters. The Balaban J connectivity index is 2.44. The Morgan fingerprint density at radius 3 is 2.44 bits per heavy atom. The van der Waals surface area contributed by atoms with Crippen LogP contribution >= 0.6 is 0 Å². The van der Waals surface area contributed by atoms with Gasteiger partial charge < -0.3 is 14.8 Å². The predicted molar refractivity (Wildman–Crippen MR) is 98.0 cm³/mol. The Morgan fingerprint density at radius 2 is 1.89 bits per heavy atom. The van der Waals surface area contributed by atoms with Crippen LogP contribution in [0, 0.1) is 5.92 Å². The fourth-order valence-electron chi connectivity index (χ4n) is 2.47. The molecule has 2 aromatic rings. The number of sulfonamides is 1. The molecular weight excluding hydrogens is 376 g/mol. The van der Waals surface area contributed by atoms with E-state index in [0.717, 1.165) is 0 Å². The molecule has 146 valence electrons. The largest absolute Gasteiger partial charge is 0.480 e. The highest BCUT2D eigenvalue weighted by Gasteiger charge is 2.26. The maximum atomic E-state index is 12.6. The van der Waals surface area contributed by atoms with E-state index in [4.69, 9.17) is 4.42 Å². The van der Waals surface area contributed by atoms with Gasteiger partial charge in [0.25, 0.3) is 0 Å². The number of amides is 1. The highest BCUT2D eigenvalue weighted by atomic mass is 32.2. The van der Waals surface area contributed by atoms with Gasteiger partial charge in [-0.2, -0.15) is 4.72 Å². The maximum Gasteiger partial charge on any atom is 0.360 e. The first-order valence-corrected chi connectivity index (χ1v) is 9.58. The van der Waals surface area contributed by atoms with Crippen molar-refractivity contribution in [3.05, 3.63) is 34.7 Å². The standard InChI is InChI=1S/C17H20N2O7S/c1-9(2)6-13(16(21)22)19-27(24,25)12-4-5-15-11(7-12)8-14(17(23)26-15)18-10(3)20/h4-5,7-9,13,19H,6H2,1-3H3,(H,18,20)(H,21,22)/t13-/m0/s1. The summed E-state index contributed by atoms with van der Waals surface area (Å²) in [6, 6.07) is 3.76. The second-order valence-electron chi connectivity index (χ2n) is 6.47. The maximum absolute atomic E-state index is 12.6. The zero-order valence-electron chi connectivity index (χ0n) is 15.0. The van der Waals surface area contributed by atoms with Gasteiger partial charge in [0, 0.05) is 12.3 Å². The van der Waals surface area contributed by atoms with Gasteiger partial charge in [-0.15, -0.1) is 0 Å². The van der Waals surface area contributed by atoms with Gasteiger partial charge in [0.15, 0.2) is 0 Å². The Kier molecular flexibility index (Phi) is 6.01. The average molecular weight is 396 g/mol. The van der Waals surface area contributed by atoms with Crippen molar-refractivity contribution in [2.45, 2.75) is 38.1 Å². The molecule has 1 amide bonds. The van der Waals surface area contributed by atoms with E-state index in [1.165, 1.54) is 31.2 Å². The molecule has 0 saturated carbocycles. The van der Waals surface area contributed by atoms with Gasteiger partial charge in [0.1, 0.15) is 17.3 Å². The predicted octanol–water partition coefficient (Wildman–Crippen LogP) is 1.53. The lowest BCUT2D eigenvalue weighted by molar-refractivity contribution is -0.139. The highest BCUT2D eigenvalue weighted by Crippen LogP contribution is 2.21. The normalized spacial score (nSPS) is 12.9. The number of carbonyl (C=O) groups is 2. The molecule has 9 nitrogen and oxygen atoms in total. The van der Waals surface area contributed by atoms with Gasteiger partial charge in [0.2, 0.25) is 15.9 Å². The van der Waals surface area contributed by atoms with E-state index >= 15 is 0 Å². The van der Waals surface area contributed by atoms with E-state index in [-0.39, 0.29) is 33.9 Å². The number of carboxylic acid groups (broad SMARTS) is 1. The van der Waals surface area contributed by atoms with E-state index in [9.17, 15) is 27.9 Å². The lowest BCUT2D eigenvalue weighted by Crippen LogP contribution is -2.41. The Morgan fingerprint density at radius 1 is 1.22 bits per heavy atom. The molecule has 1 atom stereocenters. The molecule has 0 spiro atoms. The van der Waals surface area contributed by atoms with Gasteiger partial charge in [-0.05, 0) is 36.6 Å². The lowest BCUT2D eigenvalue weighted by atomic mass is 10.1. The fourth-order valence-corrected chi connectivity index (χ4v) is 3.71. The van der Waals surface area contributed by atoms with Crippen molar-refractivity contribution in [3.8, 4) is 0 Å². The zero-order chi connectivity index (χ0) is 20.4. The van der Waals surface area contributed by atoms with Crippen molar-refractivity contribution in [2.75, 3.05) is 5.32 Å². The summed E-state index contributed by atoms with van der Waals surface area (Å²) < 4.78 is 32.4. The molecule has 0 fully saturated rings. The van der Waals surface area contributed by atoms with Gasteiger partial charge in [-0.25, -0.2) is 13.2 Å². The SMILES string of the molecule is CC(=O)Nc1cc2cc(S(=O)(=O)N[C@@H](CC(C)C)C(=O)O)ccc2oc1=O. The summed E-state index contributed by atoms with van der Waals surface area (Å²) in [5, 5.41) is 11.8. The minimum atomic E-state index is -4.13. The molecular formula is C17H20N2O7S. The van der Waals surface area contributed by atoms with Crippen LogP contribution in [0.25, 0.3) is 11.0 Å². The number of fused-ring (bicyclic) bond motifs is 1. The minimum absolute atomic E-state index is 0.0279. The number of benzene rings is 1. The molecule has 2 rings (SSSR count). The van der Waals surface area contributed by atoms with Crippen LogP contribution in [0.1, 0.15) is 27.2 Å². The first kappa shape index (κ1) is 20.6. The number of hydrogen-bond donors (Lipinski definition) is 3. The number of carbonyl (C=O) groups excluding carboxylic acids is 1. The summed E-state index contributed by atoms with van der Waals surface area (Å²) >= 11 is 0. The summed E-state index contributed by atoms with van der Waals surface area (Å²) in [6.45, 7) is 4.78. The van der Waals surface area contributed by atoms with Crippen molar-refractivity contribution in [3.63, 3.8) is 0 Å². The number of anilines is 1. The summed E-state index contributed by atoms with van der Waals surface area (Å²) in [6.07, 6.45) is 0.129. The summed E-state index contributed by atoms with van der Waals surface area (Å²) in [5.41, 5.74) is -0.764. The third-order valence-electron chi connectivity index (χ3n) is 3.63. The van der Waals surface area contributed by atoms with Crippen LogP contribution in [0.2, 0.25) is 0 Å². The number of hydrogen-bond acceptors (Lipinski definition) is 6. The van der Waals surface area contributed by atoms with Crippen molar-refractivity contribution in [1.29, 1.82) is 0 Å². The molecule has 0 aliphatic heterocycles. The lowest BCUT2D eigenvalue weighted by Gasteiger charge is -2.16. The molecule has 0 radical (unpaired) electrons. The van der Waals surface area contributed by atoms with E-state index in [2.05, 4.69) is 10.0 Å². The van der Waals surface area contributed by atoms with Crippen LogP contribution < -0.4 is 15.7 Å². The molecule has 3 N–H and O–H groups in total. The number of rotatable bonds is 7. The highest BCUT2D eigenvalue weighted by molar-refractivity contribution is 7.89. The molecule has 0 bridgehead atoms. The molecule has 10 heteroatoms. The Labute approximate surface area is 155 Å². The monoisotopic (exact) mass is 396 g/mol. The molecule has 27 heavy (non-hydrogen) atoms. The van der Waals surface area contributed by atoms with E-state index in [1.54, 1.807) is 13.8 Å². The zero-order valence-corrected chi connectivity index (χ0v) is 15.8. The third-order valence-corrected chi connectivity index (χ3v) is 5.10. The van der Waals surface area contributed by atoms with Crippen molar-refractivity contribution < 1.29 is 27.5 Å². The fraction of sp³-hybridized carbons (Fsp3) is 0.353.